The predicted molar refractivity (Wildman–Crippen MR) is 76.5 cm³/mol. The van der Waals surface area contributed by atoms with Crippen LogP contribution in [0, 0.1) is 11.3 Å². The molecule has 1 aromatic heterocycles. The van der Waals surface area contributed by atoms with Crippen molar-refractivity contribution < 1.29 is 14.3 Å². The number of ether oxygens (including phenoxy) is 2. The van der Waals surface area contributed by atoms with E-state index in [0.29, 0.717) is 28.4 Å². The molecule has 0 saturated carbocycles. The van der Waals surface area contributed by atoms with Crippen LogP contribution in [0.1, 0.15) is 15.9 Å². The van der Waals surface area contributed by atoms with Crippen molar-refractivity contribution in [3.63, 3.8) is 0 Å². The van der Waals surface area contributed by atoms with Gasteiger partial charge in [0.15, 0.2) is 0 Å². The van der Waals surface area contributed by atoms with Gasteiger partial charge in [-0.05, 0) is 24.3 Å². The molecule has 1 aromatic carbocycles. The Morgan fingerprint density at radius 1 is 1.24 bits per heavy atom. The summed E-state index contributed by atoms with van der Waals surface area (Å²) in [6.07, 6.45) is 1.39. The summed E-state index contributed by atoms with van der Waals surface area (Å²) in [5.41, 5.74) is 0.791. The molecule has 1 heterocycles. The van der Waals surface area contributed by atoms with E-state index in [1.54, 1.807) is 30.3 Å². The zero-order valence-electron chi connectivity index (χ0n) is 11.6. The van der Waals surface area contributed by atoms with E-state index in [9.17, 15) is 4.79 Å². The second-order valence-electron chi connectivity index (χ2n) is 4.06. The summed E-state index contributed by atoms with van der Waals surface area (Å²) in [5, 5.41) is 11.3. The Hall–Kier alpha value is -3.07. The minimum Gasteiger partial charge on any atom is -0.497 e. The van der Waals surface area contributed by atoms with E-state index < -0.39 is 0 Å². The summed E-state index contributed by atoms with van der Waals surface area (Å²) in [7, 11) is 3.01. The van der Waals surface area contributed by atoms with Crippen LogP contribution >= 0.6 is 0 Å². The summed E-state index contributed by atoms with van der Waals surface area (Å²) < 4.78 is 10.3. The van der Waals surface area contributed by atoms with Gasteiger partial charge in [-0.25, -0.2) is 4.98 Å². The third-order valence-corrected chi connectivity index (χ3v) is 2.79. The van der Waals surface area contributed by atoms with Gasteiger partial charge in [0.1, 0.15) is 23.4 Å². The number of rotatable bonds is 4. The number of nitrogens with zero attached hydrogens (tertiary/aromatic N) is 2. The van der Waals surface area contributed by atoms with Crippen molar-refractivity contribution >= 4 is 11.7 Å². The molecule has 0 aliphatic rings. The number of nitriles is 1. The SMILES string of the molecule is COc1ccc(C(=O)Nc2ccc(C#N)cn2)c(OC)c1. The molecule has 0 aliphatic heterocycles. The van der Waals surface area contributed by atoms with Gasteiger partial charge < -0.3 is 14.8 Å². The fourth-order valence-corrected chi connectivity index (χ4v) is 1.70. The first-order valence-corrected chi connectivity index (χ1v) is 6.07. The summed E-state index contributed by atoms with van der Waals surface area (Å²) in [5.74, 6) is 1.00. The van der Waals surface area contributed by atoms with Gasteiger partial charge in [-0.2, -0.15) is 5.26 Å². The summed E-state index contributed by atoms with van der Waals surface area (Å²) in [6, 6.07) is 10.0. The van der Waals surface area contributed by atoms with Gasteiger partial charge in [0, 0.05) is 12.3 Å². The van der Waals surface area contributed by atoms with Gasteiger partial charge in [-0.15, -0.1) is 0 Å². The van der Waals surface area contributed by atoms with Crippen LogP contribution in [0.15, 0.2) is 36.5 Å². The molecule has 0 aliphatic carbocycles. The van der Waals surface area contributed by atoms with E-state index in [1.165, 1.54) is 20.4 Å². The minimum atomic E-state index is -0.355. The van der Waals surface area contributed by atoms with Crippen LogP contribution in [0.5, 0.6) is 11.5 Å². The van der Waals surface area contributed by atoms with Gasteiger partial charge in [-0.1, -0.05) is 0 Å². The average molecular weight is 283 g/mol. The van der Waals surface area contributed by atoms with E-state index in [0.717, 1.165) is 0 Å². The molecule has 6 nitrogen and oxygen atoms in total. The van der Waals surface area contributed by atoms with Gasteiger partial charge in [-0.3, -0.25) is 4.79 Å². The number of amides is 1. The highest BCUT2D eigenvalue weighted by Crippen LogP contribution is 2.25. The second kappa shape index (κ2) is 6.39. The van der Waals surface area contributed by atoms with Crippen LogP contribution in [0.25, 0.3) is 0 Å². The molecule has 0 fully saturated rings. The Labute approximate surface area is 121 Å². The number of anilines is 1. The zero-order chi connectivity index (χ0) is 15.2. The molecule has 21 heavy (non-hydrogen) atoms. The van der Waals surface area contributed by atoms with Gasteiger partial charge in [0.05, 0.1) is 25.3 Å². The number of hydrogen-bond donors (Lipinski definition) is 1. The summed E-state index contributed by atoms with van der Waals surface area (Å²) in [6.45, 7) is 0. The molecule has 2 rings (SSSR count). The molecule has 0 saturated heterocycles. The highest BCUT2D eigenvalue weighted by atomic mass is 16.5. The molecule has 106 valence electrons. The van der Waals surface area contributed by atoms with Crippen LogP contribution in [-0.4, -0.2) is 25.1 Å². The van der Waals surface area contributed by atoms with Crippen molar-refractivity contribution in [1.82, 2.24) is 4.98 Å². The highest BCUT2D eigenvalue weighted by molar-refractivity contribution is 6.05. The predicted octanol–water partition coefficient (Wildman–Crippen LogP) is 2.22. The Balaban J connectivity index is 2.21. The molecule has 6 heteroatoms. The van der Waals surface area contributed by atoms with Crippen molar-refractivity contribution in [1.29, 1.82) is 5.26 Å². The Morgan fingerprint density at radius 3 is 2.62 bits per heavy atom. The normalized spacial score (nSPS) is 9.57. The lowest BCUT2D eigenvalue weighted by molar-refractivity contribution is 0.102. The average Bonchev–Trinajstić information content (AvgIpc) is 2.54. The third-order valence-electron chi connectivity index (χ3n) is 2.79. The molecule has 0 unspecified atom stereocenters. The van der Waals surface area contributed by atoms with E-state index in [2.05, 4.69) is 10.3 Å². The van der Waals surface area contributed by atoms with Crippen LogP contribution in [0.4, 0.5) is 5.82 Å². The van der Waals surface area contributed by atoms with Crippen LogP contribution in [-0.2, 0) is 0 Å². The van der Waals surface area contributed by atoms with E-state index in [-0.39, 0.29) is 5.91 Å². The molecule has 0 bridgehead atoms. The van der Waals surface area contributed by atoms with Gasteiger partial charge in [0.2, 0.25) is 0 Å². The van der Waals surface area contributed by atoms with Crippen LogP contribution in [0.2, 0.25) is 0 Å². The lowest BCUT2D eigenvalue weighted by Crippen LogP contribution is -2.14. The fourth-order valence-electron chi connectivity index (χ4n) is 1.70. The number of methoxy groups -OCH3 is 2. The zero-order valence-corrected chi connectivity index (χ0v) is 11.6. The number of benzene rings is 1. The quantitative estimate of drug-likeness (QED) is 0.930. The number of nitrogens with one attached hydrogen (secondary N) is 1. The summed E-state index contributed by atoms with van der Waals surface area (Å²) in [4.78, 5) is 16.2. The second-order valence-corrected chi connectivity index (χ2v) is 4.06. The van der Waals surface area contributed by atoms with Crippen molar-refractivity contribution in [3.05, 3.63) is 47.7 Å². The fraction of sp³-hybridized carbons (Fsp3) is 0.133. The molecule has 1 N–H and O–H groups in total. The highest BCUT2D eigenvalue weighted by Gasteiger charge is 2.14. The molecule has 1 amide bonds. The number of aromatic nitrogens is 1. The Bertz CT molecular complexity index is 690. The molecule has 0 spiro atoms. The smallest absolute Gasteiger partial charge is 0.260 e. The molecule has 0 radical (unpaired) electrons. The minimum absolute atomic E-state index is 0.355. The Kier molecular flexibility index (Phi) is 4.36. The molecule has 0 atom stereocenters. The van der Waals surface area contributed by atoms with Crippen LogP contribution < -0.4 is 14.8 Å². The maximum absolute atomic E-state index is 12.2. The van der Waals surface area contributed by atoms with Gasteiger partial charge in [0.25, 0.3) is 5.91 Å². The largest absolute Gasteiger partial charge is 0.497 e. The number of carbonyl (C=O) groups is 1. The topological polar surface area (TPSA) is 84.2 Å². The molecular formula is C15H13N3O3. The van der Waals surface area contributed by atoms with Crippen molar-refractivity contribution in [3.8, 4) is 17.6 Å². The first-order chi connectivity index (χ1) is 10.2. The molecular weight excluding hydrogens is 270 g/mol. The van der Waals surface area contributed by atoms with E-state index >= 15 is 0 Å². The van der Waals surface area contributed by atoms with Crippen LogP contribution in [0.3, 0.4) is 0 Å². The van der Waals surface area contributed by atoms with Crippen molar-refractivity contribution in [2.24, 2.45) is 0 Å². The number of pyridine rings is 1. The molecule has 2 aromatic rings. The lowest BCUT2D eigenvalue weighted by atomic mass is 10.1. The van der Waals surface area contributed by atoms with Crippen molar-refractivity contribution in [2.45, 2.75) is 0 Å². The number of hydrogen-bond acceptors (Lipinski definition) is 5. The number of carbonyl (C=O) groups excluding carboxylic acids is 1. The Morgan fingerprint density at radius 2 is 2.05 bits per heavy atom. The first kappa shape index (κ1) is 14.3. The van der Waals surface area contributed by atoms with E-state index in [1.807, 2.05) is 6.07 Å². The maximum Gasteiger partial charge on any atom is 0.260 e. The van der Waals surface area contributed by atoms with Gasteiger partial charge >= 0.3 is 0 Å². The van der Waals surface area contributed by atoms with E-state index in [4.69, 9.17) is 14.7 Å². The van der Waals surface area contributed by atoms with Crippen molar-refractivity contribution in [2.75, 3.05) is 19.5 Å². The summed E-state index contributed by atoms with van der Waals surface area (Å²) >= 11 is 0. The standard InChI is InChI=1S/C15H13N3O3/c1-20-11-4-5-12(13(7-11)21-2)15(19)18-14-6-3-10(8-16)9-17-14/h3-7,9H,1-2H3,(H,17,18,19). The monoisotopic (exact) mass is 283 g/mol. The maximum atomic E-state index is 12.2. The first-order valence-electron chi connectivity index (χ1n) is 6.07. The third kappa shape index (κ3) is 3.28. The lowest BCUT2D eigenvalue weighted by Gasteiger charge is -2.10.